The lowest BCUT2D eigenvalue weighted by Gasteiger charge is -2.08. The zero-order valence-corrected chi connectivity index (χ0v) is 14.5. The maximum absolute atomic E-state index is 12.5. The number of nitrogens with zero attached hydrogens (tertiary/aromatic N) is 1. The van der Waals surface area contributed by atoms with Crippen LogP contribution in [0.15, 0.2) is 54.6 Å². The Hall–Kier alpha value is -3.21. The lowest BCUT2D eigenvalue weighted by Crippen LogP contribution is -2.26. The fraction of sp³-hybridized carbons (Fsp3) is 0.190. The highest BCUT2D eigenvalue weighted by Crippen LogP contribution is 2.17. The summed E-state index contributed by atoms with van der Waals surface area (Å²) in [6.45, 7) is 2.40. The van der Waals surface area contributed by atoms with E-state index in [4.69, 9.17) is 5.11 Å². The second-order valence-corrected chi connectivity index (χ2v) is 6.22. The number of benzene rings is 2. The lowest BCUT2D eigenvalue weighted by molar-refractivity contribution is -0.136. The van der Waals surface area contributed by atoms with Gasteiger partial charge in [-0.05, 0) is 36.6 Å². The van der Waals surface area contributed by atoms with Crippen LogP contribution in [-0.2, 0) is 17.6 Å². The molecular formula is C21H20N2O3. The number of aliphatic carboxylic acids is 1. The monoisotopic (exact) mass is 348 g/mol. The van der Waals surface area contributed by atoms with E-state index in [9.17, 15) is 9.59 Å². The van der Waals surface area contributed by atoms with Crippen LogP contribution in [0.3, 0.4) is 0 Å². The highest BCUT2D eigenvalue weighted by atomic mass is 16.4. The Morgan fingerprint density at radius 1 is 1.00 bits per heavy atom. The van der Waals surface area contributed by atoms with Gasteiger partial charge in [-0.2, -0.15) is 0 Å². The van der Waals surface area contributed by atoms with E-state index < -0.39 is 5.97 Å². The Bertz CT molecular complexity index is 949. The van der Waals surface area contributed by atoms with Crippen LogP contribution in [-0.4, -0.2) is 28.5 Å². The molecule has 0 saturated carbocycles. The molecule has 1 aromatic heterocycles. The van der Waals surface area contributed by atoms with Gasteiger partial charge in [0, 0.05) is 17.6 Å². The molecule has 0 radical (unpaired) electrons. The standard InChI is InChI=1S/C21H20N2O3/c1-14-5-10-17-3-2-4-18(20(17)23-14)21(26)22-12-11-15-6-8-16(9-7-15)13-19(24)25/h2-10H,11-13H2,1H3,(H,22,26)(H,24,25). The summed E-state index contributed by atoms with van der Waals surface area (Å²) >= 11 is 0. The van der Waals surface area contributed by atoms with Gasteiger partial charge in [0.1, 0.15) is 0 Å². The molecular weight excluding hydrogens is 328 g/mol. The van der Waals surface area contributed by atoms with Crippen LogP contribution in [0.4, 0.5) is 0 Å². The first-order chi connectivity index (χ1) is 12.5. The van der Waals surface area contributed by atoms with Gasteiger partial charge in [0.2, 0.25) is 0 Å². The number of hydrogen-bond donors (Lipinski definition) is 2. The van der Waals surface area contributed by atoms with Crippen LogP contribution in [0.1, 0.15) is 27.2 Å². The first-order valence-electron chi connectivity index (χ1n) is 8.47. The minimum atomic E-state index is -0.844. The van der Waals surface area contributed by atoms with Crippen LogP contribution in [0.25, 0.3) is 10.9 Å². The molecule has 3 aromatic rings. The number of pyridine rings is 1. The second-order valence-electron chi connectivity index (χ2n) is 6.22. The molecule has 0 atom stereocenters. The topological polar surface area (TPSA) is 79.3 Å². The number of amides is 1. The molecule has 5 nitrogen and oxygen atoms in total. The van der Waals surface area contributed by atoms with Crippen LogP contribution in [0.2, 0.25) is 0 Å². The number of hydrogen-bond acceptors (Lipinski definition) is 3. The van der Waals surface area contributed by atoms with Crippen molar-refractivity contribution in [2.75, 3.05) is 6.54 Å². The van der Waals surface area contributed by atoms with Gasteiger partial charge in [-0.15, -0.1) is 0 Å². The Labute approximate surface area is 151 Å². The van der Waals surface area contributed by atoms with Crippen molar-refractivity contribution < 1.29 is 14.7 Å². The van der Waals surface area contributed by atoms with Crippen molar-refractivity contribution in [2.24, 2.45) is 0 Å². The van der Waals surface area contributed by atoms with Crippen molar-refractivity contribution >= 4 is 22.8 Å². The highest BCUT2D eigenvalue weighted by Gasteiger charge is 2.11. The fourth-order valence-corrected chi connectivity index (χ4v) is 2.84. The van der Waals surface area contributed by atoms with Gasteiger partial charge in [0.15, 0.2) is 0 Å². The summed E-state index contributed by atoms with van der Waals surface area (Å²) in [6.07, 6.45) is 0.695. The van der Waals surface area contributed by atoms with Crippen molar-refractivity contribution in [3.63, 3.8) is 0 Å². The van der Waals surface area contributed by atoms with E-state index in [2.05, 4.69) is 10.3 Å². The van der Waals surface area contributed by atoms with E-state index in [1.165, 1.54) is 0 Å². The van der Waals surface area contributed by atoms with Crippen LogP contribution < -0.4 is 5.32 Å². The van der Waals surface area contributed by atoms with Gasteiger partial charge < -0.3 is 10.4 Å². The largest absolute Gasteiger partial charge is 0.481 e. The number of carbonyl (C=O) groups excluding carboxylic acids is 1. The molecule has 0 aliphatic heterocycles. The lowest BCUT2D eigenvalue weighted by atomic mass is 10.1. The summed E-state index contributed by atoms with van der Waals surface area (Å²) in [5, 5.41) is 12.7. The number of aryl methyl sites for hydroxylation is 1. The third kappa shape index (κ3) is 4.25. The summed E-state index contributed by atoms with van der Waals surface area (Å²) in [6, 6.07) is 16.9. The number of rotatable bonds is 6. The third-order valence-electron chi connectivity index (χ3n) is 4.18. The quantitative estimate of drug-likeness (QED) is 0.717. The third-order valence-corrected chi connectivity index (χ3v) is 4.18. The number of carbonyl (C=O) groups is 2. The summed E-state index contributed by atoms with van der Waals surface area (Å²) in [7, 11) is 0. The molecule has 3 rings (SSSR count). The molecule has 1 amide bonds. The molecule has 0 bridgehead atoms. The minimum Gasteiger partial charge on any atom is -0.481 e. The molecule has 132 valence electrons. The fourth-order valence-electron chi connectivity index (χ4n) is 2.84. The summed E-state index contributed by atoms with van der Waals surface area (Å²) in [5.41, 5.74) is 3.97. The van der Waals surface area contributed by atoms with Gasteiger partial charge in [0.25, 0.3) is 5.91 Å². The van der Waals surface area contributed by atoms with E-state index in [-0.39, 0.29) is 12.3 Å². The van der Waals surface area contributed by atoms with E-state index in [1.54, 1.807) is 6.07 Å². The highest BCUT2D eigenvalue weighted by molar-refractivity contribution is 6.05. The Balaban J connectivity index is 1.63. The molecule has 0 fully saturated rings. The maximum Gasteiger partial charge on any atom is 0.307 e. The van der Waals surface area contributed by atoms with E-state index in [0.29, 0.717) is 24.0 Å². The van der Waals surface area contributed by atoms with Gasteiger partial charge in [-0.3, -0.25) is 14.6 Å². The Morgan fingerprint density at radius 2 is 1.73 bits per heavy atom. The van der Waals surface area contributed by atoms with Gasteiger partial charge in [-0.25, -0.2) is 0 Å². The van der Waals surface area contributed by atoms with E-state index >= 15 is 0 Å². The zero-order valence-electron chi connectivity index (χ0n) is 14.5. The van der Waals surface area contributed by atoms with Crippen LogP contribution >= 0.6 is 0 Å². The number of para-hydroxylation sites is 1. The molecule has 26 heavy (non-hydrogen) atoms. The molecule has 0 saturated heterocycles. The first kappa shape index (κ1) is 17.6. The van der Waals surface area contributed by atoms with Crippen molar-refractivity contribution in [3.05, 3.63) is 77.0 Å². The predicted octanol–water partition coefficient (Wildman–Crippen LogP) is 3.14. The minimum absolute atomic E-state index is 0.0184. The van der Waals surface area contributed by atoms with E-state index in [1.807, 2.05) is 55.5 Å². The molecule has 1 heterocycles. The number of carboxylic acid groups (broad SMARTS) is 1. The van der Waals surface area contributed by atoms with Crippen molar-refractivity contribution in [2.45, 2.75) is 19.8 Å². The SMILES string of the molecule is Cc1ccc2cccc(C(=O)NCCc3ccc(CC(=O)O)cc3)c2n1. The van der Waals surface area contributed by atoms with E-state index in [0.717, 1.165) is 22.2 Å². The first-order valence-corrected chi connectivity index (χ1v) is 8.47. The summed E-state index contributed by atoms with van der Waals surface area (Å²) in [5.74, 6) is -0.986. The van der Waals surface area contributed by atoms with Crippen molar-refractivity contribution in [1.29, 1.82) is 0 Å². The molecule has 0 spiro atoms. The molecule has 2 N–H and O–H groups in total. The Kier molecular flexibility index (Phi) is 5.27. The van der Waals surface area contributed by atoms with Crippen LogP contribution in [0, 0.1) is 6.92 Å². The Morgan fingerprint density at radius 3 is 2.46 bits per heavy atom. The number of carboxylic acids is 1. The summed E-state index contributed by atoms with van der Waals surface area (Å²) in [4.78, 5) is 27.7. The van der Waals surface area contributed by atoms with Crippen LogP contribution in [0.5, 0.6) is 0 Å². The molecule has 5 heteroatoms. The zero-order chi connectivity index (χ0) is 18.5. The molecule has 0 aliphatic rings. The van der Waals surface area contributed by atoms with Gasteiger partial charge in [-0.1, -0.05) is 42.5 Å². The summed E-state index contributed by atoms with van der Waals surface area (Å²) < 4.78 is 0. The number of fused-ring (bicyclic) bond motifs is 1. The van der Waals surface area contributed by atoms with Crippen molar-refractivity contribution in [3.8, 4) is 0 Å². The van der Waals surface area contributed by atoms with Crippen molar-refractivity contribution in [1.82, 2.24) is 10.3 Å². The number of nitrogens with one attached hydrogen (secondary N) is 1. The predicted molar refractivity (Wildman–Crippen MR) is 100 cm³/mol. The normalized spacial score (nSPS) is 10.7. The second kappa shape index (κ2) is 7.78. The average Bonchev–Trinajstić information content (AvgIpc) is 2.62. The average molecular weight is 348 g/mol. The number of aromatic nitrogens is 1. The molecule has 0 aliphatic carbocycles. The molecule has 2 aromatic carbocycles. The smallest absolute Gasteiger partial charge is 0.307 e. The van der Waals surface area contributed by atoms with Gasteiger partial charge in [0.05, 0.1) is 17.5 Å². The molecule has 0 unspecified atom stereocenters. The maximum atomic E-state index is 12.5. The van der Waals surface area contributed by atoms with Gasteiger partial charge >= 0.3 is 5.97 Å².